The van der Waals surface area contributed by atoms with Crippen molar-refractivity contribution in [1.29, 1.82) is 0 Å². The van der Waals surface area contributed by atoms with Crippen LogP contribution in [0.15, 0.2) is 48.6 Å². The van der Waals surface area contributed by atoms with Gasteiger partial charge in [-0.25, -0.2) is 0 Å². The third-order valence-corrected chi connectivity index (χ3v) is 5.91. The van der Waals surface area contributed by atoms with Gasteiger partial charge >= 0.3 is 0 Å². The zero-order chi connectivity index (χ0) is 16.0. The molecule has 0 radical (unpaired) electrons. The molecule has 0 amide bonds. The molecule has 3 atom stereocenters. The second-order valence-electron chi connectivity index (χ2n) is 6.38. The number of hydrogen-bond donors (Lipinski definition) is 1. The van der Waals surface area contributed by atoms with Crippen LogP contribution in [0.2, 0.25) is 10.0 Å². The Kier molecular flexibility index (Phi) is 3.87. The largest absolute Gasteiger partial charge is 0.377 e. The smallest absolute Gasteiger partial charge is 0.0595 e. The van der Waals surface area contributed by atoms with E-state index >= 15 is 0 Å². The molecule has 0 unspecified atom stereocenters. The average molecular weight is 344 g/mol. The first-order valence-electron chi connectivity index (χ1n) is 8.19. The van der Waals surface area contributed by atoms with E-state index in [2.05, 4.69) is 48.7 Å². The average Bonchev–Trinajstić information content (AvgIpc) is 3.06. The molecule has 1 heterocycles. The summed E-state index contributed by atoms with van der Waals surface area (Å²) in [6, 6.07) is 12.9. The van der Waals surface area contributed by atoms with Crippen LogP contribution in [0.5, 0.6) is 0 Å². The van der Waals surface area contributed by atoms with E-state index in [1.54, 1.807) is 0 Å². The highest BCUT2D eigenvalue weighted by Crippen LogP contribution is 2.51. The number of allylic oxidation sites excluding steroid dienone is 2. The van der Waals surface area contributed by atoms with Gasteiger partial charge in [0.2, 0.25) is 0 Å². The molecule has 0 saturated heterocycles. The Bertz CT molecular complexity index is 781. The molecule has 3 heteroatoms. The van der Waals surface area contributed by atoms with Gasteiger partial charge in [0.1, 0.15) is 0 Å². The van der Waals surface area contributed by atoms with Crippen molar-refractivity contribution in [1.82, 2.24) is 0 Å². The number of rotatable bonds is 2. The van der Waals surface area contributed by atoms with Crippen molar-refractivity contribution in [3.63, 3.8) is 0 Å². The molecule has 1 nitrogen and oxygen atoms in total. The molecule has 0 saturated carbocycles. The molecule has 2 aromatic rings. The summed E-state index contributed by atoms with van der Waals surface area (Å²) in [5.74, 6) is 1.02. The first-order chi connectivity index (χ1) is 11.2. The van der Waals surface area contributed by atoms with Gasteiger partial charge in [-0.1, -0.05) is 66.5 Å². The zero-order valence-electron chi connectivity index (χ0n) is 13.0. The Hall–Kier alpha value is -1.44. The lowest BCUT2D eigenvalue weighted by Crippen LogP contribution is -2.29. The van der Waals surface area contributed by atoms with Gasteiger partial charge in [0, 0.05) is 11.6 Å². The SMILES string of the molecule is CCc1cccc2c1N[C@H](c1ccc(Cl)c(Cl)c1)[C@H]1CC=C[C@H]21. The summed E-state index contributed by atoms with van der Waals surface area (Å²) in [6.45, 7) is 2.21. The van der Waals surface area contributed by atoms with Gasteiger partial charge < -0.3 is 5.32 Å². The first-order valence-corrected chi connectivity index (χ1v) is 8.94. The van der Waals surface area contributed by atoms with Crippen molar-refractivity contribution in [2.75, 3.05) is 5.32 Å². The van der Waals surface area contributed by atoms with Crippen molar-refractivity contribution >= 4 is 28.9 Å². The summed E-state index contributed by atoms with van der Waals surface area (Å²) in [7, 11) is 0. The van der Waals surface area contributed by atoms with E-state index in [1.165, 1.54) is 22.4 Å². The highest BCUT2D eigenvalue weighted by atomic mass is 35.5. The predicted molar refractivity (Wildman–Crippen MR) is 98.6 cm³/mol. The molecule has 23 heavy (non-hydrogen) atoms. The summed E-state index contributed by atoms with van der Waals surface area (Å²) in [5.41, 5.74) is 5.33. The molecule has 2 aromatic carbocycles. The standard InChI is InChI=1S/C20H19Cl2N/c1-2-12-5-3-7-15-14-6-4-8-16(14)20(23-19(12)15)13-9-10-17(21)18(22)11-13/h3-7,9-11,14,16,20,23H,2,8H2,1H3/t14-,16+,20-/m1/s1. The monoisotopic (exact) mass is 343 g/mol. The molecular formula is C20H19Cl2N. The lowest BCUT2D eigenvalue weighted by molar-refractivity contribution is 0.425. The van der Waals surface area contributed by atoms with Crippen LogP contribution in [-0.4, -0.2) is 0 Å². The van der Waals surface area contributed by atoms with Crippen LogP contribution in [0.4, 0.5) is 5.69 Å². The first kappa shape index (κ1) is 15.1. The number of fused-ring (bicyclic) bond motifs is 3. The van der Waals surface area contributed by atoms with Gasteiger partial charge in [-0.3, -0.25) is 0 Å². The maximum Gasteiger partial charge on any atom is 0.0595 e. The zero-order valence-corrected chi connectivity index (χ0v) is 14.5. The minimum absolute atomic E-state index is 0.268. The molecule has 4 rings (SSSR count). The fourth-order valence-corrected chi connectivity index (χ4v) is 4.32. The van der Waals surface area contributed by atoms with Crippen LogP contribution in [-0.2, 0) is 6.42 Å². The maximum atomic E-state index is 6.26. The van der Waals surface area contributed by atoms with Gasteiger partial charge in [-0.05, 0) is 47.6 Å². The third-order valence-electron chi connectivity index (χ3n) is 5.17. The highest BCUT2D eigenvalue weighted by molar-refractivity contribution is 6.42. The van der Waals surface area contributed by atoms with Gasteiger partial charge in [0.25, 0.3) is 0 Å². The summed E-state index contributed by atoms with van der Waals surface area (Å²) in [6.07, 6.45) is 6.81. The molecule has 0 fully saturated rings. The van der Waals surface area contributed by atoms with Crippen LogP contribution in [0, 0.1) is 5.92 Å². The van der Waals surface area contributed by atoms with E-state index in [-0.39, 0.29) is 6.04 Å². The van der Waals surface area contributed by atoms with E-state index < -0.39 is 0 Å². The van der Waals surface area contributed by atoms with Gasteiger partial charge in [0.05, 0.1) is 16.1 Å². The second-order valence-corrected chi connectivity index (χ2v) is 7.20. The second kappa shape index (κ2) is 5.89. The van der Waals surface area contributed by atoms with E-state index in [0.717, 1.165) is 12.8 Å². The number of halogens is 2. The summed E-state index contributed by atoms with van der Waals surface area (Å²) >= 11 is 12.4. The van der Waals surface area contributed by atoms with E-state index in [0.29, 0.717) is 21.9 Å². The predicted octanol–water partition coefficient (Wildman–Crippen LogP) is 6.38. The van der Waals surface area contributed by atoms with Crippen molar-refractivity contribution < 1.29 is 0 Å². The van der Waals surface area contributed by atoms with Crippen LogP contribution in [0.3, 0.4) is 0 Å². The van der Waals surface area contributed by atoms with Crippen molar-refractivity contribution in [3.05, 3.63) is 75.3 Å². The number of benzene rings is 2. The maximum absolute atomic E-state index is 6.26. The van der Waals surface area contributed by atoms with Crippen molar-refractivity contribution in [2.45, 2.75) is 31.7 Å². The van der Waals surface area contributed by atoms with Crippen molar-refractivity contribution in [2.24, 2.45) is 5.92 Å². The highest BCUT2D eigenvalue weighted by Gasteiger charge is 2.38. The van der Waals surface area contributed by atoms with E-state index in [4.69, 9.17) is 23.2 Å². The molecule has 2 aliphatic rings. The van der Waals surface area contributed by atoms with E-state index in [9.17, 15) is 0 Å². The number of nitrogens with one attached hydrogen (secondary N) is 1. The third kappa shape index (κ3) is 2.47. The molecular weight excluding hydrogens is 325 g/mol. The minimum Gasteiger partial charge on any atom is -0.377 e. The molecule has 0 spiro atoms. The van der Waals surface area contributed by atoms with Gasteiger partial charge in [-0.15, -0.1) is 0 Å². The Balaban J connectivity index is 1.82. The quantitative estimate of drug-likeness (QED) is 0.623. The summed E-state index contributed by atoms with van der Waals surface area (Å²) < 4.78 is 0. The summed E-state index contributed by atoms with van der Waals surface area (Å²) in [4.78, 5) is 0. The minimum atomic E-state index is 0.268. The molecule has 0 aromatic heterocycles. The van der Waals surface area contributed by atoms with Crippen molar-refractivity contribution in [3.8, 4) is 0 Å². The van der Waals surface area contributed by atoms with Crippen LogP contribution < -0.4 is 5.32 Å². The number of anilines is 1. The van der Waals surface area contributed by atoms with Crippen LogP contribution in [0.25, 0.3) is 0 Å². The van der Waals surface area contributed by atoms with Crippen LogP contribution in [0.1, 0.15) is 42.0 Å². The Labute approximate surface area is 147 Å². The number of hydrogen-bond acceptors (Lipinski definition) is 1. The Morgan fingerprint density at radius 1 is 1.13 bits per heavy atom. The lowest BCUT2D eigenvalue weighted by Gasteiger charge is -2.38. The van der Waals surface area contributed by atoms with Gasteiger partial charge in [-0.2, -0.15) is 0 Å². The summed E-state index contributed by atoms with van der Waals surface area (Å²) in [5, 5.41) is 5.05. The fourth-order valence-electron chi connectivity index (χ4n) is 4.02. The van der Waals surface area contributed by atoms with E-state index in [1.807, 2.05) is 12.1 Å². The van der Waals surface area contributed by atoms with Crippen LogP contribution >= 0.6 is 23.2 Å². The fraction of sp³-hybridized carbons (Fsp3) is 0.300. The molecule has 0 bridgehead atoms. The molecule has 1 aliphatic heterocycles. The Morgan fingerprint density at radius 3 is 2.78 bits per heavy atom. The number of para-hydroxylation sites is 1. The topological polar surface area (TPSA) is 12.0 Å². The Morgan fingerprint density at radius 2 is 2.00 bits per heavy atom. The normalized spacial score (nSPS) is 24.9. The lowest BCUT2D eigenvalue weighted by atomic mass is 9.76. The molecule has 118 valence electrons. The molecule has 1 aliphatic carbocycles. The van der Waals surface area contributed by atoms with Gasteiger partial charge in [0.15, 0.2) is 0 Å². The molecule has 1 N–H and O–H groups in total. The number of aryl methyl sites for hydroxylation is 1.